The first-order valence-electron chi connectivity index (χ1n) is 18.3. The van der Waals surface area contributed by atoms with E-state index in [4.69, 9.17) is 17.0 Å². The number of allylic oxidation sites excluding steroid dienone is 2. The van der Waals surface area contributed by atoms with Crippen molar-refractivity contribution in [1.29, 1.82) is 0 Å². The van der Waals surface area contributed by atoms with Gasteiger partial charge in [0, 0.05) is 0 Å². The van der Waals surface area contributed by atoms with Crippen LogP contribution in [0.25, 0.3) is 34.4 Å². The van der Waals surface area contributed by atoms with Gasteiger partial charge in [0.25, 0.3) is 0 Å². The molecule has 249 valence electrons. The summed E-state index contributed by atoms with van der Waals surface area (Å²) in [6.45, 7) is 14.0. The van der Waals surface area contributed by atoms with E-state index >= 15 is 0 Å². The number of fused-ring (bicyclic) bond motifs is 2. The molecule has 0 aliphatic heterocycles. The number of halogens is 2. The second-order valence-corrected chi connectivity index (χ2v) is 58.7. The topological polar surface area (TPSA) is 0 Å². The fourth-order valence-electron chi connectivity index (χ4n) is 9.14. The van der Waals surface area contributed by atoms with E-state index in [1.54, 1.807) is 0 Å². The summed E-state index contributed by atoms with van der Waals surface area (Å²) in [4.78, 5) is 0. The molecule has 7 rings (SSSR count). The third-order valence-corrected chi connectivity index (χ3v) is 64.1. The molecule has 4 aromatic carbocycles. The van der Waals surface area contributed by atoms with E-state index in [0.717, 1.165) is 6.42 Å². The minimum atomic E-state index is -4.69. The minimum absolute atomic E-state index is 0.0922. The molecule has 0 spiro atoms. The second kappa shape index (κ2) is 13.0. The fourth-order valence-corrected chi connectivity index (χ4v) is 38.7. The summed E-state index contributed by atoms with van der Waals surface area (Å²) in [6, 6.07) is 32.4. The van der Waals surface area contributed by atoms with Crippen molar-refractivity contribution in [2.75, 3.05) is 0 Å². The first-order chi connectivity index (χ1) is 22.9. The molecule has 0 N–H and O–H groups in total. The summed E-state index contributed by atoms with van der Waals surface area (Å²) >= 11 is -4.69. The molecule has 3 aliphatic rings. The van der Waals surface area contributed by atoms with Gasteiger partial charge in [-0.3, -0.25) is 0 Å². The number of rotatable bonds is 7. The Morgan fingerprint density at radius 3 is 1.90 bits per heavy atom. The van der Waals surface area contributed by atoms with Gasteiger partial charge in [0.2, 0.25) is 0 Å². The average Bonchev–Trinajstić information content (AvgIpc) is 3.72. The molecule has 0 amide bonds. The first-order valence-corrected chi connectivity index (χ1v) is 34.7. The Hall–Kier alpha value is -1.96. The van der Waals surface area contributed by atoms with Gasteiger partial charge in [0.05, 0.1) is 0 Å². The summed E-state index contributed by atoms with van der Waals surface area (Å²) in [6.07, 6.45) is 15.0. The third kappa shape index (κ3) is 5.76. The zero-order valence-corrected chi connectivity index (χ0v) is 34.7. The molecule has 4 heteroatoms. The number of hydrogen-bond acceptors (Lipinski definition) is 0. The van der Waals surface area contributed by atoms with Crippen molar-refractivity contribution in [3.63, 3.8) is 0 Å². The summed E-state index contributed by atoms with van der Waals surface area (Å²) in [5, 5.41) is 0. The van der Waals surface area contributed by atoms with Crippen LogP contribution >= 0.6 is 17.0 Å². The molecule has 48 heavy (non-hydrogen) atoms. The van der Waals surface area contributed by atoms with E-state index < -0.39 is 21.5 Å². The molecule has 0 aromatic heterocycles. The molecule has 0 bridgehead atoms. The van der Waals surface area contributed by atoms with Crippen LogP contribution < -0.4 is 0 Å². The molecular weight excluding hydrogens is 719 g/mol. The Morgan fingerprint density at radius 1 is 0.729 bits per heavy atom. The quantitative estimate of drug-likeness (QED) is 0.164. The van der Waals surface area contributed by atoms with Crippen LogP contribution in [-0.2, 0) is 21.0 Å². The molecule has 2 atom stereocenters. The zero-order valence-electron chi connectivity index (χ0n) is 29.6. The number of hydrogen-bond donors (Lipinski definition) is 0. The van der Waals surface area contributed by atoms with E-state index in [1.165, 1.54) is 93.3 Å². The molecular formula is C44H51Cl2SiZr. The van der Waals surface area contributed by atoms with Gasteiger partial charge in [-0.15, -0.1) is 0 Å². The second-order valence-electron chi connectivity index (χ2n) is 16.1. The van der Waals surface area contributed by atoms with Crippen molar-refractivity contribution >= 4 is 35.1 Å². The van der Waals surface area contributed by atoms with Crippen LogP contribution in [0.5, 0.6) is 0 Å². The van der Waals surface area contributed by atoms with Crippen LogP contribution in [0.1, 0.15) is 113 Å². The molecule has 3 aliphatic carbocycles. The summed E-state index contributed by atoms with van der Waals surface area (Å²) in [5.41, 5.74) is 14.9. The van der Waals surface area contributed by atoms with Gasteiger partial charge >= 0.3 is 301 Å². The molecule has 0 saturated heterocycles. The standard InChI is InChI=1S/C23H25.C19H19.C2H7Si.2ClH.Zr/c1-2-17-15-21-9-6-10-22(23(21)16-17)20-13-11-19(12-14-20)18-7-4-3-5-8-18;1-19(2,3)16-12-10-15(11-13-16)18-9-5-7-14-6-4-8-17(14)18;1-3-2;;;/h6,9-16,18H,2-5,7-8H2,1H3;4-13H,1-3H3;3H,1-2H3;2*1H;/q;;;;;+2/p-2. The summed E-state index contributed by atoms with van der Waals surface area (Å²) < 4.78 is 0.216. The Labute approximate surface area is 298 Å². The average molecular weight is 770 g/mol. The van der Waals surface area contributed by atoms with Crippen LogP contribution in [0.4, 0.5) is 0 Å². The molecule has 1 saturated carbocycles. The van der Waals surface area contributed by atoms with Gasteiger partial charge in [-0.1, -0.05) is 0 Å². The third-order valence-electron chi connectivity index (χ3n) is 12.1. The van der Waals surface area contributed by atoms with Gasteiger partial charge in [0.1, 0.15) is 0 Å². The van der Waals surface area contributed by atoms with Gasteiger partial charge in [-0.25, -0.2) is 0 Å². The summed E-state index contributed by atoms with van der Waals surface area (Å²) in [5.74, 6) is -0.855. The molecule has 4 aromatic rings. The normalized spacial score (nSPS) is 20.4. The van der Waals surface area contributed by atoms with E-state index in [0.29, 0.717) is 5.92 Å². The van der Waals surface area contributed by atoms with Crippen LogP contribution in [0, 0.1) is 0 Å². The van der Waals surface area contributed by atoms with E-state index in [-0.39, 0.29) is 12.7 Å². The van der Waals surface area contributed by atoms with E-state index in [2.05, 4.69) is 144 Å². The van der Waals surface area contributed by atoms with Crippen LogP contribution in [0.3, 0.4) is 0 Å². The Bertz CT molecular complexity index is 1890. The van der Waals surface area contributed by atoms with E-state index in [9.17, 15) is 0 Å². The fraction of sp³-hybridized carbons (Fsp3) is 0.364. The number of benzene rings is 4. The maximum absolute atomic E-state index is 8.49. The van der Waals surface area contributed by atoms with Crippen molar-refractivity contribution < 1.29 is 15.6 Å². The van der Waals surface area contributed by atoms with Crippen molar-refractivity contribution in [3.8, 4) is 22.3 Å². The van der Waals surface area contributed by atoms with Crippen molar-refractivity contribution in [1.82, 2.24) is 0 Å². The van der Waals surface area contributed by atoms with Gasteiger partial charge < -0.3 is 0 Å². The molecule has 0 heterocycles. The van der Waals surface area contributed by atoms with Crippen LogP contribution in [-0.4, -0.2) is 5.92 Å². The molecule has 2 unspecified atom stereocenters. The van der Waals surface area contributed by atoms with Crippen LogP contribution in [0.15, 0.2) is 96.6 Å². The van der Waals surface area contributed by atoms with Crippen LogP contribution in [0.2, 0.25) is 13.1 Å². The van der Waals surface area contributed by atoms with Gasteiger partial charge in [-0.05, 0) is 0 Å². The van der Waals surface area contributed by atoms with Crippen molar-refractivity contribution in [3.05, 3.63) is 130 Å². The Morgan fingerprint density at radius 2 is 1.31 bits per heavy atom. The maximum atomic E-state index is 8.49. The van der Waals surface area contributed by atoms with Crippen molar-refractivity contribution in [2.45, 2.75) is 97.9 Å². The summed E-state index contributed by atoms with van der Waals surface area (Å²) in [7, 11) is 17.0. The Balaban J connectivity index is 1.29. The predicted octanol–water partition coefficient (Wildman–Crippen LogP) is 14.0. The monoisotopic (exact) mass is 767 g/mol. The van der Waals surface area contributed by atoms with E-state index in [1.807, 2.05) is 0 Å². The SMILES string of the molecule is CCC1=Cc2c(-c3ccc(C4CCCCC4)cc3)cccc2[CH]1[Zr]([Cl])([Cl])([CH]1C=Cc2c(-c3ccc(C(C)(C)C)cc3)cccc21)[SiH](C)C. The predicted molar refractivity (Wildman–Crippen MR) is 212 cm³/mol. The molecule has 1 fully saturated rings. The Kier molecular flexibility index (Phi) is 9.33. The van der Waals surface area contributed by atoms with Crippen molar-refractivity contribution in [2.24, 2.45) is 0 Å². The first kappa shape index (κ1) is 34.5. The zero-order chi connectivity index (χ0) is 33.9. The van der Waals surface area contributed by atoms with Gasteiger partial charge in [0.15, 0.2) is 0 Å². The molecule has 0 nitrogen and oxygen atoms in total. The molecule has 0 radical (unpaired) electrons. The van der Waals surface area contributed by atoms with Gasteiger partial charge in [-0.2, -0.15) is 0 Å².